The van der Waals surface area contributed by atoms with Gasteiger partial charge in [0.25, 0.3) is 0 Å². The van der Waals surface area contributed by atoms with Crippen LogP contribution in [0.15, 0.2) is 0 Å². The van der Waals surface area contributed by atoms with Gasteiger partial charge in [0.05, 0.1) is 0 Å². The molecule has 0 aliphatic carbocycles. The Hall–Kier alpha value is -1.20. The third-order valence-electron chi connectivity index (χ3n) is 0.302. The van der Waals surface area contributed by atoms with Crippen molar-refractivity contribution in [3.63, 3.8) is 0 Å². The summed E-state index contributed by atoms with van der Waals surface area (Å²) >= 11 is 0. The molecule has 0 amide bonds. The molecule has 0 rings (SSSR count). The summed E-state index contributed by atoms with van der Waals surface area (Å²) in [5, 5.41) is 22.1. The van der Waals surface area contributed by atoms with Crippen LogP contribution in [-0.2, 0) is 28.8 Å². The molecule has 0 aromatic rings. The van der Waals surface area contributed by atoms with Gasteiger partial charge in [-0.2, -0.15) is 0 Å². The minimum Gasteiger partial charge on any atom is -0.476 e. The molecule has 0 aromatic heterocycles. The summed E-state index contributed by atoms with van der Waals surface area (Å²) in [4.78, 5) is 53.7. The molecule has 0 aromatic carbocycles. The first-order valence-corrected chi connectivity index (χ1v) is 2.86. The van der Waals surface area contributed by atoms with Crippen LogP contribution in [-0.4, -0.2) is 52.1 Å². The Labute approximate surface area is 122 Å². The third-order valence-corrected chi connectivity index (χ3v) is 0.302. The average Bonchev–Trinajstić information content (AvgIpc) is 2.19. The second kappa shape index (κ2) is 19.4. The summed E-state index contributed by atoms with van der Waals surface area (Å²) in [6.45, 7) is 0. The number of hydrogen-bond donors (Lipinski definition) is 3. The zero-order chi connectivity index (χ0) is 12.9. The molecule has 0 saturated heterocycles. The second-order valence-corrected chi connectivity index (χ2v) is 1.37. The van der Waals surface area contributed by atoms with Crippen LogP contribution in [0.25, 0.3) is 0 Å². The summed E-state index contributed by atoms with van der Waals surface area (Å²) in [6.07, 6.45) is -0.500. The summed E-state index contributed by atoms with van der Waals surface area (Å²) in [7, 11) is 0. The van der Waals surface area contributed by atoms with Crippen molar-refractivity contribution in [2.45, 2.75) is 0 Å². The number of aldehydes is 3. The number of carboxylic acid groups (broad SMARTS) is 3. The van der Waals surface area contributed by atoms with Gasteiger partial charge in [0.1, 0.15) is 0 Å². The summed E-state index contributed by atoms with van der Waals surface area (Å²) < 4.78 is 0. The van der Waals surface area contributed by atoms with E-state index in [1.165, 1.54) is 0 Å². The van der Waals surface area contributed by atoms with Gasteiger partial charge in [0.15, 0.2) is 0 Å². The van der Waals surface area contributed by atoms with Gasteiger partial charge >= 0.3 is 17.9 Å². The van der Waals surface area contributed by atoms with Crippen LogP contribution >= 0.6 is 0 Å². The van der Waals surface area contributed by atoms with E-state index < -0.39 is 17.9 Å². The van der Waals surface area contributed by atoms with Crippen LogP contribution in [0.2, 0.25) is 0 Å². The van der Waals surface area contributed by atoms with E-state index in [-0.39, 0.29) is 60.6 Å². The van der Waals surface area contributed by atoms with E-state index in [1.54, 1.807) is 0 Å². The molecule has 3 N–H and O–H groups in total. The van der Waals surface area contributed by atoms with Crippen molar-refractivity contribution in [1.29, 1.82) is 0 Å². The van der Waals surface area contributed by atoms with Crippen LogP contribution in [0.1, 0.15) is 0 Å². The Balaban J connectivity index is -0.0000000655. The number of rotatable bonds is 3. The Morgan fingerprint density at radius 1 is 0.625 bits per heavy atom. The molecular weight excluding hydrogens is 356 g/mol. The van der Waals surface area contributed by atoms with Gasteiger partial charge in [-0.3, -0.25) is 14.4 Å². The van der Waals surface area contributed by atoms with Crippen molar-refractivity contribution in [2.75, 3.05) is 0 Å². The van der Waals surface area contributed by atoms with Gasteiger partial charge in [0, 0.05) is 41.7 Å². The van der Waals surface area contributed by atoms with E-state index in [4.69, 9.17) is 44.1 Å². The summed E-state index contributed by atoms with van der Waals surface area (Å²) in [6, 6.07) is 0. The molecule has 0 atom stereocenters. The van der Waals surface area contributed by atoms with Gasteiger partial charge in [0.2, 0.25) is 18.9 Å². The summed E-state index contributed by atoms with van der Waals surface area (Å²) in [5.74, 6) is -4.28. The Morgan fingerprint density at radius 2 is 0.688 bits per heavy atom. The maximum absolute atomic E-state index is 9.00. The smallest absolute Gasteiger partial charge is 0.368 e. The molecule has 16 heavy (non-hydrogen) atoms. The quantitative estimate of drug-likeness (QED) is 0.374. The number of aliphatic carboxylic acids is 3. The average molecular weight is 362 g/mol. The van der Waals surface area contributed by atoms with E-state index in [2.05, 4.69) is 0 Å². The van der Waals surface area contributed by atoms with Crippen LogP contribution < -0.4 is 0 Å². The standard InChI is InChI=1S/3C2H2O3.Ce/c3*3-1-2(4)5;/h3*1H,(H,4,5);. The minimum absolute atomic E-state index is 0. The van der Waals surface area contributed by atoms with Crippen LogP contribution in [0.5, 0.6) is 0 Å². The number of carbonyl (C=O) groups is 6. The predicted molar refractivity (Wildman–Crippen MR) is 41.1 cm³/mol. The number of carboxylic acids is 3. The molecule has 0 bridgehead atoms. The molecular formula is C6H6CeO9. The van der Waals surface area contributed by atoms with Crippen molar-refractivity contribution in [2.24, 2.45) is 0 Å². The topological polar surface area (TPSA) is 163 Å². The third kappa shape index (κ3) is 77.4. The SMILES string of the molecule is O=CC(=O)O.O=CC(=O)O.O=CC(=O)O.[Ce]. The zero-order valence-electron chi connectivity index (χ0n) is 7.52. The Morgan fingerprint density at radius 3 is 0.688 bits per heavy atom. The molecule has 0 unspecified atom stereocenters. The van der Waals surface area contributed by atoms with Gasteiger partial charge in [-0.15, -0.1) is 0 Å². The summed E-state index contributed by atoms with van der Waals surface area (Å²) in [5.41, 5.74) is 0. The van der Waals surface area contributed by atoms with Gasteiger partial charge < -0.3 is 15.3 Å². The Kier molecular flexibility index (Phi) is 29.3. The fourth-order valence-corrected chi connectivity index (χ4v) is 0. The van der Waals surface area contributed by atoms with E-state index in [1.807, 2.05) is 0 Å². The molecule has 0 heterocycles. The number of hydrogen-bond acceptors (Lipinski definition) is 6. The molecule has 88 valence electrons. The first-order valence-electron chi connectivity index (χ1n) is 2.86. The normalized spacial score (nSPS) is 6.00. The maximum atomic E-state index is 9.00. The zero-order valence-corrected chi connectivity index (χ0v) is 10.7. The molecule has 0 aliphatic rings. The fraction of sp³-hybridized carbons (Fsp3) is 0. The van der Waals surface area contributed by atoms with E-state index >= 15 is 0 Å². The second-order valence-electron chi connectivity index (χ2n) is 1.37. The fourth-order valence-electron chi connectivity index (χ4n) is 0. The molecule has 9 nitrogen and oxygen atoms in total. The first kappa shape index (κ1) is 24.2. The minimum atomic E-state index is -1.43. The Bertz CT molecular complexity index is 216. The van der Waals surface area contributed by atoms with Crippen LogP contribution in [0.4, 0.5) is 0 Å². The van der Waals surface area contributed by atoms with Crippen molar-refractivity contribution in [3.8, 4) is 0 Å². The number of carbonyl (C=O) groups excluding carboxylic acids is 3. The van der Waals surface area contributed by atoms with Gasteiger partial charge in [-0.25, -0.2) is 14.4 Å². The molecule has 0 radical (unpaired) electrons. The van der Waals surface area contributed by atoms with E-state index in [9.17, 15) is 0 Å². The van der Waals surface area contributed by atoms with E-state index in [0.717, 1.165) is 0 Å². The van der Waals surface area contributed by atoms with Crippen LogP contribution in [0.3, 0.4) is 0 Å². The predicted octanol–water partition coefficient (Wildman–Crippen LogP) is -2.19. The maximum Gasteiger partial charge on any atom is 0.368 e. The van der Waals surface area contributed by atoms with E-state index in [0.29, 0.717) is 0 Å². The van der Waals surface area contributed by atoms with Crippen molar-refractivity contribution in [1.82, 2.24) is 0 Å². The van der Waals surface area contributed by atoms with Crippen molar-refractivity contribution in [3.05, 3.63) is 0 Å². The molecule has 0 saturated carbocycles. The van der Waals surface area contributed by atoms with Gasteiger partial charge in [-0.05, 0) is 0 Å². The molecule has 0 spiro atoms. The van der Waals surface area contributed by atoms with Gasteiger partial charge in [-0.1, -0.05) is 0 Å². The molecule has 0 fully saturated rings. The monoisotopic (exact) mass is 362 g/mol. The van der Waals surface area contributed by atoms with Crippen LogP contribution in [0, 0.1) is 41.7 Å². The first-order chi connectivity index (χ1) is 6.81. The van der Waals surface area contributed by atoms with Crippen molar-refractivity contribution < 1.29 is 85.8 Å². The largest absolute Gasteiger partial charge is 0.476 e. The molecule has 10 heteroatoms. The molecule has 0 aliphatic heterocycles. The van der Waals surface area contributed by atoms with Crippen molar-refractivity contribution >= 4 is 36.8 Å².